The van der Waals surface area contributed by atoms with E-state index in [2.05, 4.69) is 26.6 Å². The average Bonchev–Trinajstić information content (AvgIpc) is 2.72. The van der Waals surface area contributed by atoms with E-state index in [4.69, 9.17) is 25.8 Å². The van der Waals surface area contributed by atoms with Gasteiger partial charge >= 0.3 is 5.97 Å². The van der Waals surface area contributed by atoms with Crippen molar-refractivity contribution < 1.29 is 28.6 Å². The summed E-state index contributed by atoms with van der Waals surface area (Å²) in [5.41, 5.74) is 1.64. The predicted molar refractivity (Wildman–Crippen MR) is 113 cm³/mol. The van der Waals surface area contributed by atoms with E-state index in [0.717, 1.165) is 10.0 Å². The van der Waals surface area contributed by atoms with Crippen molar-refractivity contribution in [2.75, 3.05) is 31.7 Å². The van der Waals surface area contributed by atoms with Crippen LogP contribution in [-0.4, -0.2) is 44.1 Å². The smallest absolute Gasteiger partial charge is 0.338 e. The van der Waals surface area contributed by atoms with Crippen LogP contribution < -0.4 is 20.1 Å². The molecule has 0 fully saturated rings. The van der Waals surface area contributed by atoms with Gasteiger partial charge in [0.25, 0.3) is 5.91 Å². The molecule has 158 valence electrons. The summed E-state index contributed by atoms with van der Waals surface area (Å²) in [6, 6.07) is 8.22. The van der Waals surface area contributed by atoms with E-state index in [9.17, 15) is 14.4 Å². The first kappa shape index (κ1) is 21.9. The van der Waals surface area contributed by atoms with Crippen molar-refractivity contribution in [3.8, 4) is 11.5 Å². The first-order chi connectivity index (χ1) is 14.3. The van der Waals surface area contributed by atoms with Crippen LogP contribution >= 0.6 is 27.5 Å². The van der Waals surface area contributed by atoms with Gasteiger partial charge in [-0.2, -0.15) is 0 Å². The zero-order chi connectivity index (χ0) is 21.7. The molecule has 30 heavy (non-hydrogen) atoms. The lowest BCUT2D eigenvalue weighted by Crippen LogP contribution is -2.35. The number of rotatable bonds is 6. The van der Waals surface area contributed by atoms with Crippen molar-refractivity contribution in [2.24, 2.45) is 0 Å². The molecule has 2 aromatic carbocycles. The fourth-order valence-electron chi connectivity index (χ4n) is 2.63. The van der Waals surface area contributed by atoms with Crippen molar-refractivity contribution in [3.05, 3.63) is 51.0 Å². The normalized spacial score (nSPS) is 12.1. The van der Waals surface area contributed by atoms with Gasteiger partial charge in [0.2, 0.25) is 5.91 Å². The van der Waals surface area contributed by atoms with Crippen LogP contribution in [0.25, 0.3) is 0 Å². The monoisotopic (exact) mass is 496 g/mol. The second-order valence-electron chi connectivity index (χ2n) is 6.34. The molecule has 0 atom stereocenters. The SMILES string of the molecule is Cc1cc(Br)ccc1NC(=O)CNC(=O)COC(=O)c1cc(Cl)c2c(c1)OCCO2. The van der Waals surface area contributed by atoms with Crippen LogP contribution in [0, 0.1) is 6.92 Å². The molecule has 2 amide bonds. The highest BCUT2D eigenvalue weighted by Crippen LogP contribution is 2.38. The van der Waals surface area contributed by atoms with Crippen molar-refractivity contribution in [3.63, 3.8) is 0 Å². The summed E-state index contributed by atoms with van der Waals surface area (Å²) in [5.74, 6) is -1.07. The third kappa shape index (κ3) is 5.64. The molecule has 0 radical (unpaired) electrons. The molecule has 1 heterocycles. The molecule has 0 aromatic heterocycles. The van der Waals surface area contributed by atoms with Crippen LogP contribution in [0.2, 0.25) is 5.02 Å². The number of halogens is 2. The summed E-state index contributed by atoms with van der Waals surface area (Å²) in [7, 11) is 0. The Hall–Kier alpha value is -2.78. The number of anilines is 1. The Bertz CT molecular complexity index is 998. The molecule has 0 saturated heterocycles. The van der Waals surface area contributed by atoms with Gasteiger partial charge in [0.05, 0.1) is 17.1 Å². The maximum absolute atomic E-state index is 12.2. The maximum atomic E-state index is 12.2. The predicted octanol–water partition coefficient (Wildman–Crippen LogP) is 3.09. The van der Waals surface area contributed by atoms with Crippen molar-refractivity contribution in [2.45, 2.75) is 6.92 Å². The highest BCUT2D eigenvalue weighted by molar-refractivity contribution is 9.10. The quantitative estimate of drug-likeness (QED) is 0.595. The summed E-state index contributed by atoms with van der Waals surface area (Å²) < 4.78 is 16.7. The zero-order valence-electron chi connectivity index (χ0n) is 15.9. The average molecular weight is 498 g/mol. The van der Waals surface area contributed by atoms with Gasteiger partial charge in [-0.1, -0.05) is 27.5 Å². The van der Waals surface area contributed by atoms with Crippen molar-refractivity contribution in [1.82, 2.24) is 5.32 Å². The van der Waals surface area contributed by atoms with Gasteiger partial charge < -0.3 is 24.8 Å². The third-order valence-electron chi connectivity index (χ3n) is 4.08. The Labute approximate surface area is 185 Å². The molecule has 0 saturated carbocycles. The van der Waals surface area contributed by atoms with Gasteiger partial charge in [0, 0.05) is 10.2 Å². The summed E-state index contributed by atoms with van der Waals surface area (Å²) in [6.07, 6.45) is 0. The fourth-order valence-corrected chi connectivity index (χ4v) is 3.38. The highest BCUT2D eigenvalue weighted by Gasteiger charge is 2.20. The number of hydrogen-bond donors (Lipinski definition) is 2. The Morgan fingerprint density at radius 2 is 1.90 bits per heavy atom. The van der Waals surface area contributed by atoms with Crippen LogP contribution in [0.3, 0.4) is 0 Å². The fraction of sp³-hybridized carbons (Fsp3) is 0.250. The van der Waals surface area contributed by atoms with E-state index in [1.54, 1.807) is 12.1 Å². The van der Waals surface area contributed by atoms with Gasteiger partial charge in [0.15, 0.2) is 18.1 Å². The zero-order valence-corrected chi connectivity index (χ0v) is 18.3. The summed E-state index contributed by atoms with van der Waals surface area (Å²) in [4.78, 5) is 36.1. The summed E-state index contributed by atoms with van der Waals surface area (Å²) in [5, 5.41) is 5.30. The van der Waals surface area contributed by atoms with Gasteiger partial charge in [-0.05, 0) is 42.8 Å². The Morgan fingerprint density at radius 3 is 2.67 bits per heavy atom. The molecule has 1 aliphatic heterocycles. The highest BCUT2D eigenvalue weighted by atomic mass is 79.9. The van der Waals surface area contributed by atoms with E-state index in [1.165, 1.54) is 12.1 Å². The number of aryl methyl sites for hydroxylation is 1. The maximum Gasteiger partial charge on any atom is 0.338 e. The van der Waals surface area contributed by atoms with Gasteiger partial charge in [-0.3, -0.25) is 9.59 Å². The Morgan fingerprint density at radius 1 is 1.13 bits per heavy atom. The molecular formula is C20H18BrClN2O6. The number of carbonyl (C=O) groups excluding carboxylic acids is 3. The number of esters is 1. The topological polar surface area (TPSA) is 103 Å². The van der Waals surface area contributed by atoms with E-state index < -0.39 is 24.4 Å². The van der Waals surface area contributed by atoms with Gasteiger partial charge in [-0.25, -0.2) is 4.79 Å². The number of ether oxygens (including phenoxy) is 3. The molecule has 8 nitrogen and oxygen atoms in total. The minimum atomic E-state index is -0.751. The molecule has 10 heteroatoms. The van der Waals surface area contributed by atoms with Crippen molar-refractivity contribution >= 4 is 51.0 Å². The minimum absolute atomic E-state index is 0.125. The lowest BCUT2D eigenvalue weighted by molar-refractivity contribution is -0.126. The second kappa shape index (κ2) is 9.82. The molecule has 1 aliphatic rings. The first-order valence-electron chi connectivity index (χ1n) is 8.92. The largest absolute Gasteiger partial charge is 0.486 e. The van der Waals surface area contributed by atoms with Crippen LogP contribution in [0.15, 0.2) is 34.8 Å². The molecule has 0 unspecified atom stereocenters. The van der Waals surface area contributed by atoms with E-state index in [-0.39, 0.29) is 17.1 Å². The summed E-state index contributed by atoms with van der Waals surface area (Å²) in [6.45, 7) is 1.75. The van der Waals surface area contributed by atoms with Crippen LogP contribution in [0.5, 0.6) is 11.5 Å². The standard InChI is InChI=1S/C20H18BrClN2O6/c1-11-6-13(21)2-3-15(11)24-17(25)9-23-18(26)10-30-20(27)12-7-14(22)19-16(8-12)28-4-5-29-19/h2-3,6-8H,4-5,9-10H2,1H3,(H,23,26)(H,24,25). The Balaban J connectivity index is 1.47. The second-order valence-corrected chi connectivity index (χ2v) is 7.67. The van der Waals surface area contributed by atoms with Crippen LogP contribution in [0.4, 0.5) is 5.69 Å². The van der Waals surface area contributed by atoms with Crippen LogP contribution in [-0.2, 0) is 14.3 Å². The Kier molecular flexibility index (Phi) is 7.17. The molecule has 2 aromatic rings. The van der Waals surface area contributed by atoms with Crippen molar-refractivity contribution in [1.29, 1.82) is 0 Å². The van der Waals surface area contributed by atoms with Crippen LogP contribution in [0.1, 0.15) is 15.9 Å². The molecular weight excluding hydrogens is 480 g/mol. The minimum Gasteiger partial charge on any atom is -0.486 e. The number of amides is 2. The van der Waals surface area contributed by atoms with Gasteiger partial charge in [-0.15, -0.1) is 0 Å². The van der Waals surface area contributed by atoms with Gasteiger partial charge in [0.1, 0.15) is 13.2 Å². The molecule has 0 bridgehead atoms. The first-order valence-corrected chi connectivity index (χ1v) is 10.1. The lowest BCUT2D eigenvalue weighted by atomic mass is 10.2. The number of nitrogens with one attached hydrogen (secondary N) is 2. The third-order valence-corrected chi connectivity index (χ3v) is 4.85. The number of hydrogen-bond acceptors (Lipinski definition) is 6. The molecule has 3 rings (SSSR count). The number of benzene rings is 2. The lowest BCUT2D eigenvalue weighted by Gasteiger charge is -2.19. The van der Waals surface area contributed by atoms with E-state index in [0.29, 0.717) is 30.4 Å². The summed E-state index contributed by atoms with van der Waals surface area (Å²) >= 11 is 9.43. The number of fused-ring (bicyclic) bond motifs is 1. The molecule has 2 N–H and O–H groups in total. The number of carbonyl (C=O) groups is 3. The molecule has 0 spiro atoms. The van der Waals surface area contributed by atoms with E-state index in [1.807, 2.05) is 13.0 Å². The van der Waals surface area contributed by atoms with E-state index >= 15 is 0 Å². The molecule has 0 aliphatic carbocycles.